The number of nitrogens with one attached hydrogen (secondary N) is 1. The van der Waals surface area contributed by atoms with E-state index < -0.39 is 17.8 Å². The van der Waals surface area contributed by atoms with Gasteiger partial charge in [0, 0.05) is 16.1 Å². The molecule has 1 aromatic carbocycles. The van der Waals surface area contributed by atoms with Gasteiger partial charge in [-0.05, 0) is 64.5 Å². The molecule has 0 bridgehead atoms. The fourth-order valence-electron chi connectivity index (χ4n) is 2.77. The van der Waals surface area contributed by atoms with Crippen LogP contribution in [-0.4, -0.2) is 37.2 Å². The van der Waals surface area contributed by atoms with Crippen molar-refractivity contribution in [1.29, 1.82) is 0 Å². The topological polar surface area (TPSA) is 90.9 Å². The first-order valence-corrected chi connectivity index (χ1v) is 11.7. The van der Waals surface area contributed by atoms with Gasteiger partial charge in [0.15, 0.2) is 0 Å². The number of thiophene rings is 1. The van der Waals surface area contributed by atoms with E-state index in [1.165, 1.54) is 6.08 Å². The lowest BCUT2D eigenvalue weighted by Crippen LogP contribution is -2.13. The molecule has 0 unspecified atom stereocenters. The van der Waals surface area contributed by atoms with Crippen LogP contribution in [0.3, 0.4) is 0 Å². The molecule has 0 fully saturated rings. The Labute approximate surface area is 199 Å². The molecule has 0 saturated heterocycles. The zero-order chi connectivity index (χ0) is 23.8. The first-order chi connectivity index (χ1) is 15.2. The standard InChI is InChI=1S/C23H26BrNO6S/c1-6-29-17-10-9-16(24)12-15(17)8-11-18(26)25-21-19(22(27)30-7-2)14(5)20(32-21)23(28)31-13(3)4/h8-13H,6-7H2,1-5H3,(H,25,26)/b11-8+. The summed E-state index contributed by atoms with van der Waals surface area (Å²) in [6, 6.07) is 5.48. The molecule has 1 amide bonds. The van der Waals surface area contributed by atoms with Crippen LogP contribution in [0.15, 0.2) is 28.7 Å². The van der Waals surface area contributed by atoms with Gasteiger partial charge in [0.25, 0.3) is 0 Å². The lowest BCUT2D eigenvalue weighted by atomic mass is 10.1. The third kappa shape index (κ3) is 6.67. The normalized spacial score (nSPS) is 11.0. The highest BCUT2D eigenvalue weighted by Gasteiger charge is 2.27. The second-order valence-electron chi connectivity index (χ2n) is 6.87. The van der Waals surface area contributed by atoms with Crippen molar-refractivity contribution in [2.45, 2.75) is 40.7 Å². The molecule has 0 atom stereocenters. The lowest BCUT2D eigenvalue weighted by molar-refractivity contribution is -0.111. The van der Waals surface area contributed by atoms with E-state index >= 15 is 0 Å². The number of amides is 1. The van der Waals surface area contributed by atoms with Crippen LogP contribution < -0.4 is 10.1 Å². The SMILES string of the molecule is CCOC(=O)c1c(NC(=O)/C=C/c2cc(Br)ccc2OCC)sc(C(=O)OC(C)C)c1C. The van der Waals surface area contributed by atoms with E-state index in [0.717, 1.165) is 15.8 Å². The van der Waals surface area contributed by atoms with Gasteiger partial charge in [-0.1, -0.05) is 15.9 Å². The highest BCUT2D eigenvalue weighted by atomic mass is 79.9. The maximum Gasteiger partial charge on any atom is 0.348 e. The smallest absolute Gasteiger partial charge is 0.348 e. The van der Waals surface area contributed by atoms with Gasteiger partial charge in [-0.2, -0.15) is 0 Å². The van der Waals surface area contributed by atoms with Crippen LogP contribution in [0.5, 0.6) is 5.75 Å². The minimum absolute atomic E-state index is 0.145. The van der Waals surface area contributed by atoms with Crippen molar-refractivity contribution in [3.8, 4) is 5.75 Å². The molecule has 0 saturated carbocycles. The van der Waals surface area contributed by atoms with Crippen LogP contribution in [0.25, 0.3) is 6.08 Å². The zero-order valence-corrected chi connectivity index (χ0v) is 21.0. The molecule has 0 spiro atoms. The van der Waals surface area contributed by atoms with Gasteiger partial charge in [0.05, 0.1) is 24.9 Å². The van der Waals surface area contributed by atoms with Gasteiger partial charge in [0.2, 0.25) is 5.91 Å². The first-order valence-electron chi connectivity index (χ1n) is 10.1. The first kappa shape index (κ1) is 25.6. The molecule has 1 heterocycles. The number of benzene rings is 1. The minimum Gasteiger partial charge on any atom is -0.493 e. The van der Waals surface area contributed by atoms with Crippen molar-refractivity contribution in [3.05, 3.63) is 50.3 Å². The third-order valence-corrected chi connectivity index (χ3v) is 5.76. The highest BCUT2D eigenvalue weighted by molar-refractivity contribution is 9.10. The third-order valence-electron chi connectivity index (χ3n) is 4.08. The number of hydrogen-bond donors (Lipinski definition) is 1. The minimum atomic E-state index is -0.616. The quantitative estimate of drug-likeness (QED) is 0.339. The van der Waals surface area contributed by atoms with Crippen LogP contribution >= 0.6 is 27.3 Å². The number of halogens is 1. The number of ether oxygens (including phenoxy) is 3. The second kappa shape index (κ2) is 11.8. The van der Waals surface area contributed by atoms with E-state index in [4.69, 9.17) is 14.2 Å². The summed E-state index contributed by atoms with van der Waals surface area (Å²) in [4.78, 5) is 37.8. The molecule has 2 aromatic rings. The molecule has 1 N–H and O–H groups in total. The van der Waals surface area contributed by atoms with E-state index in [-0.39, 0.29) is 28.2 Å². The van der Waals surface area contributed by atoms with Gasteiger partial charge < -0.3 is 19.5 Å². The summed E-state index contributed by atoms with van der Waals surface area (Å²) in [7, 11) is 0. The summed E-state index contributed by atoms with van der Waals surface area (Å²) in [6.45, 7) is 9.30. The molecule has 0 aliphatic rings. The molecular formula is C23H26BrNO6S. The van der Waals surface area contributed by atoms with Gasteiger partial charge >= 0.3 is 11.9 Å². The van der Waals surface area contributed by atoms with Crippen molar-refractivity contribution in [3.63, 3.8) is 0 Å². The number of rotatable bonds is 9. The summed E-state index contributed by atoms with van der Waals surface area (Å²) < 4.78 is 16.8. The number of carbonyl (C=O) groups excluding carboxylic acids is 3. The van der Waals surface area contributed by atoms with E-state index in [2.05, 4.69) is 21.2 Å². The number of carbonyl (C=O) groups is 3. The fourth-order valence-corrected chi connectivity index (χ4v) is 4.23. The van der Waals surface area contributed by atoms with Crippen molar-refractivity contribution in [2.75, 3.05) is 18.5 Å². The van der Waals surface area contributed by atoms with Crippen LogP contribution in [0.4, 0.5) is 5.00 Å². The fraction of sp³-hybridized carbons (Fsp3) is 0.348. The van der Waals surface area contributed by atoms with E-state index in [0.29, 0.717) is 23.5 Å². The second-order valence-corrected chi connectivity index (χ2v) is 8.81. The van der Waals surface area contributed by atoms with Crippen molar-refractivity contribution < 1.29 is 28.6 Å². The molecule has 9 heteroatoms. The lowest BCUT2D eigenvalue weighted by Gasteiger charge is -2.08. The molecular weight excluding hydrogens is 498 g/mol. The van der Waals surface area contributed by atoms with E-state index in [1.807, 2.05) is 19.1 Å². The molecule has 0 aliphatic heterocycles. The number of hydrogen-bond acceptors (Lipinski definition) is 7. The maximum absolute atomic E-state index is 12.6. The van der Waals surface area contributed by atoms with Gasteiger partial charge in [-0.3, -0.25) is 4.79 Å². The average Bonchev–Trinajstić information content (AvgIpc) is 3.04. The largest absolute Gasteiger partial charge is 0.493 e. The Kier molecular flexibility index (Phi) is 9.46. The van der Waals surface area contributed by atoms with E-state index in [1.54, 1.807) is 39.8 Å². The summed E-state index contributed by atoms with van der Waals surface area (Å²) in [6.07, 6.45) is 2.63. The number of esters is 2. The Morgan fingerprint density at radius 1 is 1.16 bits per heavy atom. The van der Waals surface area contributed by atoms with Crippen LogP contribution in [-0.2, 0) is 14.3 Å². The predicted octanol–water partition coefficient (Wildman–Crippen LogP) is 5.61. The molecule has 0 radical (unpaired) electrons. The predicted molar refractivity (Wildman–Crippen MR) is 129 cm³/mol. The maximum atomic E-state index is 12.6. The van der Waals surface area contributed by atoms with Crippen molar-refractivity contribution in [1.82, 2.24) is 0 Å². The Morgan fingerprint density at radius 3 is 2.50 bits per heavy atom. The molecule has 32 heavy (non-hydrogen) atoms. The molecule has 2 rings (SSSR count). The van der Waals surface area contributed by atoms with Crippen molar-refractivity contribution in [2.24, 2.45) is 0 Å². The summed E-state index contributed by atoms with van der Waals surface area (Å²) >= 11 is 4.39. The summed E-state index contributed by atoms with van der Waals surface area (Å²) in [5, 5.41) is 2.91. The van der Waals surface area contributed by atoms with Gasteiger partial charge in [0.1, 0.15) is 15.6 Å². The summed E-state index contributed by atoms with van der Waals surface area (Å²) in [5.41, 5.74) is 1.27. The average molecular weight is 524 g/mol. The van der Waals surface area contributed by atoms with Crippen molar-refractivity contribution >= 4 is 56.2 Å². The summed E-state index contributed by atoms with van der Waals surface area (Å²) in [5.74, 6) is -1.00. The van der Waals surface area contributed by atoms with Gasteiger partial charge in [-0.15, -0.1) is 11.3 Å². The van der Waals surface area contributed by atoms with Crippen LogP contribution in [0.1, 0.15) is 58.9 Å². The zero-order valence-electron chi connectivity index (χ0n) is 18.6. The van der Waals surface area contributed by atoms with E-state index in [9.17, 15) is 14.4 Å². The van der Waals surface area contributed by atoms with Crippen LogP contribution in [0.2, 0.25) is 0 Å². The molecule has 0 aliphatic carbocycles. The Balaban J connectivity index is 2.33. The van der Waals surface area contributed by atoms with Gasteiger partial charge in [-0.25, -0.2) is 9.59 Å². The Morgan fingerprint density at radius 2 is 1.88 bits per heavy atom. The Hall–Kier alpha value is -2.65. The molecule has 1 aromatic heterocycles. The highest BCUT2D eigenvalue weighted by Crippen LogP contribution is 2.34. The Bertz CT molecular complexity index is 1030. The molecule has 7 nitrogen and oxygen atoms in total. The monoisotopic (exact) mass is 523 g/mol. The number of anilines is 1. The molecule has 172 valence electrons. The van der Waals surface area contributed by atoms with Crippen LogP contribution in [0, 0.1) is 6.92 Å².